The van der Waals surface area contributed by atoms with Gasteiger partial charge in [-0.3, -0.25) is 9.78 Å². The van der Waals surface area contributed by atoms with Crippen LogP contribution in [-0.2, 0) is 10.3 Å². The molecule has 2 aromatic heterocycles. The van der Waals surface area contributed by atoms with E-state index in [-0.39, 0.29) is 0 Å². The average molecular weight is 394 g/mol. The van der Waals surface area contributed by atoms with Crippen molar-refractivity contribution in [1.82, 2.24) is 9.55 Å². The molecule has 2 heterocycles. The first-order chi connectivity index (χ1) is 8.67. The second-order valence-corrected chi connectivity index (χ2v) is 7.47. The molecule has 2 aromatic rings. The van der Waals surface area contributed by atoms with Gasteiger partial charge in [-0.2, -0.15) is 0 Å². The van der Waals surface area contributed by atoms with Crippen molar-refractivity contribution in [3.05, 3.63) is 29.3 Å². The van der Waals surface area contributed by atoms with Crippen molar-refractivity contribution in [3.8, 4) is 0 Å². The number of nitrogens with zero attached hydrogens (tertiary/aromatic N) is 1. The number of aromatic amines is 1. The number of hydrogen-bond donors (Lipinski definition) is 2. The van der Waals surface area contributed by atoms with Crippen LogP contribution in [0.3, 0.4) is 0 Å². The molecule has 0 unspecified atom stereocenters. The number of rotatable bonds is 2. The highest BCUT2D eigenvalue weighted by molar-refractivity contribution is 14.1. The summed E-state index contributed by atoms with van der Waals surface area (Å²) in [5.41, 5.74) is -2.11. The summed E-state index contributed by atoms with van der Waals surface area (Å²) in [6, 6.07) is 0. The topological polar surface area (TPSA) is 92.2 Å². The summed E-state index contributed by atoms with van der Waals surface area (Å²) in [6.07, 6.45) is 0. The largest absolute Gasteiger partial charge is 0.480 e. The van der Waals surface area contributed by atoms with E-state index in [9.17, 15) is 19.5 Å². The minimum absolute atomic E-state index is 0.378. The van der Waals surface area contributed by atoms with Gasteiger partial charge in [-0.15, -0.1) is 11.3 Å². The predicted molar refractivity (Wildman–Crippen MR) is 81.1 cm³/mol. The van der Waals surface area contributed by atoms with Crippen molar-refractivity contribution in [2.75, 3.05) is 0 Å². The summed E-state index contributed by atoms with van der Waals surface area (Å²) >= 11 is 3.39. The van der Waals surface area contributed by atoms with Crippen LogP contribution in [0.4, 0.5) is 0 Å². The van der Waals surface area contributed by atoms with Crippen molar-refractivity contribution in [1.29, 1.82) is 0 Å². The zero-order valence-corrected chi connectivity index (χ0v) is 13.4. The van der Waals surface area contributed by atoms with Gasteiger partial charge in [0.15, 0.2) is 0 Å². The van der Waals surface area contributed by atoms with E-state index in [2.05, 4.69) is 27.6 Å². The number of hydrogen-bond acceptors (Lipinski definition) is 4. The molecule has 0 bridgehead atoms. The molecule has 102 valence electrons. The first kappa shape index (κ1) is 14.3. The van der Waals surface area contributed by atoms with E-state index < -0.39 is 22.8 Å². The number of fused-ring (bicyclic) bond motifs is 1. The molecule has 6 nitrogen and oxygen atoms in total. The second kappa shape index (κ2) is 4.44. The van der Waals surface area contributed by atoms with Crippen LogP contribution < -0.4 is 11.2 Å². The third kappa shape index (κ3) is 2.02. The molecule has 0 aliphatic heterocycles. The van der Waals surface area contributed by atoms with Crippen molar-refractivity contribution >= 4 is 50.1 Å². The van der Waals surface area contributed by atoms with Crippen LogP contribution in [0.2, 0.25) is 0 Å². The number of aromatic nitrogens is 2. The Kier molecular flexibility index (Phi) is 3.33. The molecule has 0 spiro atoms. The predicted octanol–water partition coefficient (Wildman–Crippen LogP) is 1.48. The fourth-order valence-corrected chi connectivity index (χ4v) is 3.64. The summed E-state index contributed by atoms with van der Waals surface area (Å²) in [5.74, 6) is -1.23. The van der Waals surface area contributed by atoms with Crippen LogP contribution in [0.15, 0.2) is 9.59 Å². The lowest BCUT2D eigenvalue weighted by atomic mass is 10.1. The van der Waals surface area contributed by atoms with Gasteiger partial charge in [0.1, 0.15) is 10.4 Å². The highest BCUT2D eigenvalue weighted by Crippen LogP contribution is 2.27. The minimum atomic E-state index is -1.60. The smallest absolute Gasteiger partial charge is 0.330 e. The van der Waals surface area contributed by atoms with Gasteiger partial charge in [-0.25, -0.2) is 14.2 Å². The molecule has 0 radical (unpaired) electrons. The average Bonchev–Trinajstić information content (AvgIpc) is 2.53. The monoisotopic (exact) mass is 394 g/mol. The van der Waals surface area contributed by atoms with E-state index in [0.717, 1.165) is 13.0 Å². The highest BCUT2D eigenvalue weighted by Gasteiger charge is 2.33. The van der Waals surface area contributed by atoms with Gasteiger partial charge in [0, 0.05) is 0 Å². The number of halogens is 1. The molecule has 2 N–H and O–H groups in total. The summed E-state index contributed by atoms with van der Waals surface area (Å²) < 4.78 is 1.65. The standard InChI is InChI=1S/C11H11IN2O4S/c1-4-5-7(19-6(4)12)13-10(18)14(8(5)15)11(2,3)9(16)17/h1-3H3,(H,13,18)(H,16,17). The maximum absolute atomic E-state index is 12.4. The zero-order valence-electron chi connectivity index (χ0n) is 10.4. The minimum Gasteiger partial charge on any atom is -0.480 e. The Morgan fingerprint density at radius 1 is 1.42 bits per heavy atom. The number of carbonyl (C=O) groups is 1. The first-order valence-corrected chi connectivity index (χ1v) is 7.25. The maximum atomic E-state index is 12.4. The third-order valence-electron chi connectivity index (χ3n) is 3.01. The molecule has 0 saturated heterocycles. The van der Waals surface area contributed by atoms with Gasteiger partial charge < -0.3 is 5.11 Å². The van der Waals surface area contributed by atoms with Gasteiger partial charge in [0.25, 0.3) is 5.56 Å². The third-order valence-corrected chi connectivity index (χ3v) is 5.48. The van der Waals surface area contributed by atoms with Crippen LogP contribution in [0.1, 0.15) is 19.4 Å². The zero-order chi connectivity index (χ0) is 14.5. The summed E-state index contributed by atoms with van der Waals surface area (Å²) in [6.45, 7) is 4.42. The number of aryl methyl sites for hydroxylation is 1. The summed E-state index contributed by atoms with van der Waals surface area (Å²) in [4.78, 5) is 38.7. The van der Waals surface area contributed by atoms with E-state index in [1.807, 2.05) is 0 Å². The lowest BCUT2D eigenvalue weighted by Crippen LogP contribution is -2.50. The number of thiophene rings is 1. The van der Waals surface area contributed by atoms with E-state index in [0.29, 0.717) is 10.2 Å². The number of nitrogens with one attached hydrogen (secondary N) is 1. The molecular weight excluding hydrogens is 383 g/mol. The van der Waals surface area contributed by atoms with E-state index in [1.54, 1.807) is 6.92 Å². The summed E-state index contributed by atoms with van der Waals surface area (Å²) in [7, 11) is 0. The molecule has 0 fully saturated rings. The fraction of sp³-hybridized carbons (Fsp3) is 0.364. The van der Waals surface area contributed by atoms with Crippen LogP contribution in [-0.4, -0.2) is 20.6 Å². The number of H-pyrrole nitrogens is 1. The molecule has 0 aliphatic rings. The molecule has 2 rings (SSSR count). The van der Waals surface area contributed by atoms with Gasteiger partial charge in [-0.1, -0.05) is 0 Å². The molecule has 19 heavy (non-hydrogen) atoms. The highest BCUT2D eigenvalue weighted by atomic mass is 127. The van der Waals surface area contributed by atoms with Gasteiger partial charge in [0.05, 0.1) is 8.27 Å². The quantitative estimate of drug-likeness (QED) is 0.755. The maximum Gasteiger partial charge on any atom is 0.330 e. The van der Waals surface area contributed by atoms with Gasteiger partial charge >= 0.3 is 11.7 Å². The Labute approximate surface area is 125 Å². The van der Waals surface area contributed by atoms with Crippen LogP contribution in [0.5, 0.6) is 0 Å². The van der Waals surface area contributed by atoms with Crippen LogP contribution >= 0.6 is 33.9 Å². The molecule has 0 saturated carbocycles. The van der Waals surface area contributed by atoms with Crippen molar-refractivity contribution in [3.63, 3.8) is 0 Å². The second-order valence-electron chi connectivity index (χ2n) is 4.64. The number of carboxylic acid groups (broad SMARTS) is 1. The normalized spacial score (nSPS) is 12.0. The Hall–Kier alpha value is -1.16. The molecule has 8 heteroatoms. The van der Waals surface area contributed by atoms with E-state index >= 15 is 0 Å². The van der Waals surface area contributed by atoms with Crippen molar-refractivity contribution in [2.24, 2.45) is 0 Å². The van der Waals surface area contributed by atoms with E-state index in [4.69, 9.17) is 0 Å². The Morgan fingerprint density at radius 2 is 2.00 bits per heavy atom. The van der Waals surface area contributed by atoms with Crippen LogP contribution in [0, 0.1) is 9.81 Å². The lowest BCUT2D eigenvalue weighted by molar-refractivity contribution is -0.146. The molecule has 0 atom stereocenters. The molecule has 0 aliphatic carbocycles. The van der Waals surface area contributed by atoms with E-state index in [1.165, 1.54) is 25.2 Å². The Morgan fingerprint density at radius 3 is 2.53 bits per heavy atom. The lowest BCUT2D eigenvalue weighted by Gasteiger charge is -2.21. The number of carboxylic acids is 1. The molecule has 0 amide bonds. The number of aliphatic carboxylic acids is 1. The first-order valence-electron chi connectivity index (χ1n) is 5.35. The fourth-order valence-electron chi connectivity index (χ4n) is 1.79. The van der Waals surface area contributed by atoms with Gasteiger partial charge in [0.2, 0.25) is 0 Å². The van der Waals surface area contributed by atoms with Crippen LogP contribution in [0.25, 0.3) is 10.2 Å². The molecular formula is C11H11IN2O4S. The Balaban J connectivity index is 3.00. The van der Waals surface area contributed by atoms with Crippen molar-refractivity contribution < 1.29 is 9.90 Å². The SMILES string of the molecule is Cc1c(I)sc2[nH]c(=O)n(C(C)(C)C(=O)O)c(=O)c12. The summed E-state index contributed by atoms with van der Waals surface area (Å²) in [5, 5.41) is 9.56. The Bertz CT molecular complexity index is 799. The van der Waals surface area contributed by atoms with Crippen molar-refractivity contribution in [2.45, 2.75) is 26.3 Å². The van der Waals surface area contributed by atoms with Gasteiger partial charge in [-0.05, 0) is 48.9 Å². The molecule has 0 aromatic carbocycles.